The summed E-state index contributed by atoms with van der Waals surface area (Å²) in [6.07, 6.45) is 0.670. The van der Waals surface area contributed by atoms with E-state index in [0.29, 0.717) is 25.0 Å². The lowest BCUT2D eigenvalue weighted by Crippen LogP contribution is -2.41. The Morgan fingerprint density at radius 1 is 1.20 bits per heavy atom. The summed E-state index contributed by atoms with van der Waals surface area (Å²) < 4.78 is 26.6. The highest BCUT2D eigenvalue weighted by Crippen LogP contribution is 2.37. The summed E-state index contributed by atoms with van der Waals surface area (Å²) in [4.78, 5) is 13.6. The van der Waals surface area contributed by atoms with Crippen molar-refractivity contribution >= 4 is 24.2 Å². The van der Waals surface area contributed by atoms with Gasteiger partial charge in [0.1, 0.15) is 5.82 Å². The van der Waals surface area contributed by atoms with Crippen LogP contribution in [0.15, 0.2) is 18.2 Å². The Labute approximate surface area is 148 Å². The van der Waals surface area contributed by atoms with Crippen LogP contribution in [-0.2, 0) is 14.1 Å². The summed E-state index contributed by atoms with van der Waals surface area (Å²) in [5, 5.41) is 0. The van der Waals surface area contributed by atoms with Gasteiger partial charge < -0.3 is 19.9 Å². The molecule has 0 aliphatic carbocycles. The molecule has 0 bridgehead atoms. The van der Waals surface area contributed by atoms with Crippen molar-refractivity contribution in [1.82, 2.24) is 0 Å². The van der Waals surface area contributed by atoms with Crippen LogP contribution in [0.2, 0.25) is 0 Å². The molecule has 1 aromatic rings. The van der Waals surface area contributed by atoms with Gasteiger partial charge in [0.05, 0.1) is 16.6 Å². The highest BCUT2D eigenvalue weighted by molar-refractivity contribution is 6.62. The van der Waals surface area contributed by atoms with E-state index in [1.165, 1.54) is 6.07 Å². The fraction of sp³-hybridized carbons (Fsp3) is 0.611. The standard InChI is InChI=1S/C18H26BFN2O3/c1-16(2)17(3,4)25-19(24-16)13-7-6-12(10-14(13)20)22-9-8-18(5,11-22)15(21)23/h6-7,10H,8-9,11H2,1-5H3,(H2,21,23)/t18-/m0/s1. The Morgan fingerprint density at radius 3 is 2.28 bits per heavy atom. The van der Waals surface area contributed by atoms with Gasteiger partial charge in [-0.05, 0) is 53.2 Å². The van der Waals surface area contributed by atoms with Gasteiger partial charge >= 0.3 is 7.12 Å². The molecule has 2 N–H and O–H groups in total. The molecule has 2 heterocycles. The van der Waals surface area contributed by atoms with Crippen molar-refractivity contribution in [3.63, 3.8) is 0 Å². The highest BCUT2D eigenvalue weighted by atomic mass is 19.1. The molecule has 0 spiro atoms. The smallest absolute Gasteiger partial charge is 0.399 e. The lowest BCUT2D eigenvalue weighted by Gasteiger charge is -2.32. The van der Waals surface area contributed by atoms with Crippen LogP contribution in [0.3, 0.4) is 0 Å². The number of benzene rings is 1. The maximum atomic E-state index is 14.7. The zero-order chi connectivity index (χ0) is 18.6. The fourth-order valence-electron chi connectivity index (χ4n) is 3.26. The number of carbonyl (C=O) groups excluding carboxylic acids is 1. The van der Waals surface area contributed by atoms with Crippen molar-refractivity contribution in [2.45, 2.75) is 52.2 Å². The van der Waals surface area contributed by atoms with Crippen molar-refractivity contribution in [3.8, 4) is 0 Å². The minimum absolute atomic E-state index is 0.315. The van der Waals surface area contributed by atoms with E-state index >= 15 is 0 Å². The number of rotatable bonds is 3. The predicted octanol–water partition coefficient (Wildman–Crippen LogP) is 1.83. The second-order valence-electron chi connectivity index (χ2n) is 8.39. The largest absolute Gasteiger partial charge is 0.497 e. The number of nitrogens with zero attached hydrogens (tertiary/aromatic N) is 1. The molecule has 2 fully saturated rings. The first-order valence-corrected chi connectivity index (χ1v) is 8.65. The summed E-state index contributed by atoms with van der Waals surface area (Å²) in [6, 6.07) is 5.02. The van der Waals surface area contributed by atoms with Crippen LogP contribution in [0, 0.1) is 11.2 Å². The molecular formula is C18H26BFN2O3. The molecule has 25 heavy (non-hydrogen) atoms. The number of hydrogen-bond acceptors (Lipinski definition) is 4. The normalized spacial score (nSPS) is 27.8. The third-order valence-electron chi connectivity index (χ3n) is 5.92. The van der Waals surface area contributed by atoms with Gasteiger partial charge in [0.2, 0.25) is 5.91 Å². The van der Waals surface area contributed by atoms with E-state index in [9.17, 15) is 9.18 Å². The first-order valence-electron chi connectivity index (χ1n) is 8.65. The molecule has 3 rings (SSSR count). The molecule has 0 radical (unpaired) electrons. The van der Waals surface area contributed by atoms with Crippen molar-refractivity contribution in [1.29, 1.82) is 0 Å². The minimum Gasteiger partial charge on any atom is -0.399 e. The molecule has 7 heteroatoms. The molecule has 1 atom stereocenters. The fourth-order valence-corrected chi connectivity index (χ4v) is 3.26. The number of anilines is 1. The monoisotopic (exact) mass is 348 g/mol. The molecule has 0 aromatic heterocycles. The lowest BCUT2D eigenvalue weighted by atomic mass is 9.78. The maximum Gasteiger partial charge on any atom is 0.497 e. The molecular weight excluding hydrogens is 322 g/mol. The highest BCUT2D eigenvalue weighted by Gasteiger charge is 2.52. The molecule has 5 nitrogen and oxygen atoms in total. The van der Waals surface area contributed by atoms with Crippen molar-refractivity contribution in [2.24, 2.45) is 11.1 Å². The van der Waals surface area contributed by atoms with Crippen LogP contribution < -0.4 is 16.1 Å². The van der Waals surface area contributed by atoms with Crippen LogP contribution in [0.1, 0.15) is 41.0 Å². The van der Waals surface area contributed by atoms with Gasteiger partial charge in [0.15, 0.2) is 0 Å². The van der Waals surface area contributed by atoms with Gasteiger partial charge in [-0.3, -0.25) is 4.79 Å². The van der Waals surface area contributed by atoms with E-state index in [0.717, 1.165) is 5.69 Å². The average Bonchev–Trinajstić information content (AvgIpc) is 2.98. The van der Waals surface area contributed by atoms with E-state index < -0.39 is 23.7 Å². The van der Waals surface area contributed by atoms with E-state index in [1.54, 1.807) is 6.07 Å². The summed E-state index contributed by atoms with van der Waals surface area (Å²) in [6.45, 7) is 10.8. The number of hydrogen-bond donors (Lipinski definition) is 1. The number of nitrogens with two attached hydrogens (primary N) is 1. The van der Waals surface area contributed by atoms with Gasteiger partial charge in [0.25, 0.3) is 0 Å². The first kappa shape index (κ1) is 18.2. The van der Waals surface area contributed by atoms with Gasteiger partial charge in [-0.1, -0.05) is 6.07 Å². The maximum absolute atomic E-state index is 14.7. The summed E-state index contributed by atoms with van der Waals surface area (Å²) in [5.74, 6) is -0.687. The van der Waals surface area contributed by atoms with Crippen LogP contribution >= 0.6 is 0 Å². The molecule has 2 saturated heterocycles. The van der Waals surface area contributed by atoms with Crippen molar-refractivity contribution in [3.05, 3.63) is 24.0 Å². The van der Waals surface area contributed by atoms with Crippen molar-refractivity contribution < 1.29 is 18.5 Å². The quantitative estimate of drug-likeness (QED) is 0.847. The summed E-state index contributed by atoms with van der Waals surface area (Å²) >= 11 is 0. The molecule has 2 aliphatic rings. The molecule has 136 valence electrons. The Bertz CT molecular complexity index is 694. The summed E-state index contributed by atoms with van der Waals surface area (Å²) in [5.41, 5.74) is 5.02. The third kappa shape index (κ3) is 3.04. The van der Waals surface area contributed by atoms with Gasteiger partial charge in [-0.2, -0.15) is 0 Å². The third-order valence-corrected chi connectivity index (χ3v) is 5.92. The molecule has 0 saturated carbocycles. The number of primary amides is 1. The molecule has 1 aromatic carbocycles. The van der Waals surface area contributed by atoms with Crippen molar-refractivity contribution in [2.75, 3.05) is 18.0 Å². The molecule has 0 unspecified atom stereocenters. The van der Waals surface area contributed by atoms with Crippen LogP contribution in [0.25, 0.3) is 0 Å². The van der Waals surface area contributed by atoms with Gasteiger partial charge in [-0.15, -0.1) is 0 Å². The zero-order valence-electron chi connectivity index (χ0n) is 15.6. The second-order valence-corrected chi connectivity index (χ2v) is 8.39. The predicted molar refractivity (Wildman–Crippen MR) is 96.2 cm³/mol. The Kier molecular flexibility index (Phi) is 4.16. The van der Waals surface area contributed by atoms with Gasteiger partial charge in [0, 0.05) is 24.2 Å². The van der Waals surface area contributed by atoms with E-state index in [-0.39, 0.29) is 11.7 Å². The number of carbonyl (C=O) groups is 1. The van der Waals surface area contributed by atoms with Crippen LogP contribution in [0.4, 0.5) is 10.1 Å². The Morgan fingerprint density at radius 2 is 1.80 bits per heavy atom. The Hall–Kier alpha value is -1.60. The number of halogens is 1. The zero-order valence-corrected chi connectivity index (χ0v) is 15.6. The summed E-state index contributed by atoms with van der Waals surface area (Å²) in [7, 11) is -0.728. The topological polar surface area (TPSA) is 64.8 Å². The molecule has 2 aliphatic heterocycles. The van der Waals surface area contributed by atoms with E-state index in [4.69, 9.17) is 15.0 Å². The van der Waals surface area contributed by atoms with Gasteiger partial charge in [-0.25, -0.2) is 4.39 Å². The minimum atomic E-state index is -0.728. The van der Waals surface area contributed by atoms with Crippen LogP contribution in [0.5, 0.6) is 0 Å². The SMILES string of the molecule is CC1(C)OB(c2ccc(N3CC[C@](C)(C(N)=O)C3)cc2F)OC1(C)C. The Balaban J connectivity index is 1.80. The van der Waals surface area contributed by atoms with E-state index in [1.807, 2.05) is 45.6 Å². The van der Waals surface area contributed by atoms with Crippen LogP contribution in [-0.4, -0.2) is 37.3 Å². The lowest BCUT2D eigenvalue weighted by molar-refractivity contribution is -0.125. The second kappa shape index (κ2) is 5.71. The first-order chi connectivity index (χ1) is 11.5. The van der Waals surface area contributed by atoms with E-state index in [2.05, 4.69) is 0 Å². The molecule has 1 amide bonds. The number of amides is 1. The average molecular weight is 348 g/mol.